The van der Waals surface area contributed by atoms with Crippen LogP contribution in [-0.4, -0.2) is 36.8 Å². The van der Waals surface area contributed by atoms with Gasteiger partial charge in [-0.15, -0.1) is 0 Å². The Labute approximate surface area is 128 Å². The van der Waals surface area contributed by atoms with E-state index in [1.807, 2.05) is 13.8 Å². The molecule has 9 heteroatoms. The lowest BCUT2D eigenvalue weighted by Gasteiger charge is -2.15. The smallest absolute Gasteiger partial charge is 0.268 e. The van der Waals surface area contributed by atoms with Crippen molar-refractivity contribution in [2.45, 2.75) is 25.7 Å². The molecule has 0 aliphatic heterocycles. The number of ether oxygens (including phenoxy) is 2. The number of sulfonamides is 1. The summed E-state index contributed by atoms with van der Waals surface area (Å²) in [7, 11) is -3.88. The topological polar surface area (TPSA) is 106 Å². The van der Waals surface area contributed by atoms with Crippen LogP contribution in [0.1, 0.15) is 19.4 Å². The summed E-state index contributed by atoms with van der Waals surface area (Å²) in [5.41, 5.74) is 0.795. The number of H-pyrrole nitrogens is 1. The SMILES string of the molecule is CCOc1cc(S(=O)(=O)Nc2ncn[nH]2)c(OCC)cc1C. The zero-order valence-electron chi connectivity index (χ0n) is 12.6. The minimum absolute atomic E-state index is 0.0141. The maximum Gasteiger partial charge on any atom is 0.268 e. The van der Waals surface area contributed by atoms with Crippen molar-refractivity contribution >= 4 is 16.0 Å². The predicted octanol–water partition coefficient (Wildman–Crippen LogP) is 1.71. The molecule has 0 radical (unpaired) electrons. The van der Waals surface area contributed by atoms with Crippen molar-refractivity contribution in [3.63, 3.8) is 0 Å². The van der Waals surface area contributed by atoms with Gasteiger partial charge in [-0.1, -0.05) is 0 Å². The first-order chi connectivity index (χ1) is 10.5. The molecule has 1 heterocycles. The lowest BCUT2D eigenvalue weighted by Crippen LogP contribution is -2.16. The van der Waals surface area contributed by atoms with E-state index < -0.39 is 10.0 Å². The molecule has 0 unspecified atom stereocenters. The third kappa shape index (κ3) is 3.48. The first kappa shape index (κ1) is 16.1. The molecule has 0 atom stereocenters. The number of aromatic amines is 1. The fraction of sp³-hybridized carbons (Fsp3) is 0.385. The monoisotopic (exact) mass is 326 g/mol. The number of anilines is 1. The Balaban J connectivity index is 2.48. The van der Waals surface area contributed by atoms with Crippen LogP contribution >= 0.6 is 0 Å². The molecule has 0 spiro atoms. The van der Waals surface area contributed by atoms with Crippen molar-refractivity contribution in [2.75, 3.05) is 17.9 Å². The Kier molecular flexibility index (Phi) is 4.86. The highest BCUT2D eigenvalue weighted by atomic mass is 32.2. The van der Waals surface area contributed by atoms with Gasteiger partial charge < -0.3 is 9.47 Å². The normalized spacial score (nSPS) is 11.2. The summed E-state index contributed by atoms with van der Waals surface area (Å²) in [5.74, 6) is 0.778. The predicted molar refractivity (Wildman–Crippen MR) is 80.7 cm³/mol. The Morgan fingerprint density at radius 3 is 2.45 bits per heavy atom. The Hall–Kier alpha value is -2.29. The number of nitrogens with zero attached hydrogens (tertiary/aromatic N) is 2. The molecule has 0 saturated carbocycles. The van der Waals surface area contributed by atoms with Crippen molar-refractivity contribution in [1.82, 2.24) is 15.2 Å². The summed E-state index contributed by atoms with van der Waals surface area (Å²) in [5, 5.41) is 6.04. The summed E-state index contributed by atoms with van der Waals surface area (Å²) in [6.45, 7) is 6.22. The third-order valence-electron chi connectivity index (χ3n) is 2.78. The van der Waals surface area contributed by atoms with Crippen LogP contribution in [0, 0.1) is 6.92 Å². The van der Waals surface area contributed by atoms with Gasteiger partial charge in [-0.3, -0.25) is 0 Å². The van der Waals surface area contributed by atoms with Crippen LogP contribution in [-0.2, 0) is 10.0 Å². The van der Waals surface area contributed by atoms with Crippen LogP contribution in [0.15, 0.2) is 23.4 Å². The van der Waals surface area contributed by atoms with Crippen molar-refractivity contribution in [3.8, 4) is 11.5 Å². The van der Waals surface area contributed by atoms with Gasteiger partial charge in [0, 0.05) is 6.07 Å². The van der Waals surface area contributed by atoms with Crippen molar-refractivity contribution in [1.29, 1.82) is 0 Å². The molecule has 0 fully saturated rings. The zero-order valence-corrected chi connectivity index (χ0v) is 13.4. The van der Waals surface area contributed by atoms with Crippen LogP contribution in [0.2, 0.25) is 0 Å². The van der Waals surface area contributed by atoms with E-state index in [9.17, 15) is 8.42 Å². The van der Waals surface area contributed by atoms with Gasteiger partial charge in [-0.05, 0) is 32.4 Å². The molecular formula is C13H18N4O4S. The first-order valence-corrected chi connectivity index (χ1v) is 8.24. The van der Waals surface area contributed by atoms with Crippen LogP contribution in [0.4, 0.5) is 5.95 Å². The second kappa shape index (κ2) is 6.65. The van der Waals surface area contributed by atoms with E-state index in [0.717, 1.165) is 5.56 Å². The van der Waals surface area contributed by atoms with E-state index in [1.54, 1.807) is 13.0 Å². The maximum atomic E-state index is 12.5. The van der Waals surface area contributed by atoms with Gasteiger partial charge in [0.15, 0.2) is 0 Å². The van der Waals surface area contributed by atoms with Gasteiger partial charge in [-0.25, -0.2) is 18.2 Å². The highest BCUT2D eigenvalue weighted by molar-refractivity contribution is 7.92. The number of benzene rings is 1. The zero-order chi connectivity index (χ0) is 16.2. The molecule has 0 aliphatic carbocycles. The first-order valence-electron chi connectivity index (χ1n) is 6.76. The molecule has 2 N–H and O–H groups in total. The molecule has 22 heavy (non-hydrogen) atoms. The standard InChI is InChI=1S/C13H18N4O4S/c1-4-20-10-7-12(11(21-5-2)6-9(10)3)22(18,19)17-13-14-8-15-16-13/h6-8H,4-5H2,1-3H3,(H2,14,15,16,17). The number of aromatic nitrogens is 3. The van der Waals surface area contributed by atoms with E-state index in [4.69, 9.17) is 9.47 Å². The molecule has 0 bridgehead atoms. The van der Waals surface area contributed by atoms with Crippen LogP contribution < -0.4 is 14.2 Å². The number of rotatable bonds is 7. The average molecular weight is 326 g/mol. The molecule has 120 valence electrons. The highest BCUT2D eigenvalue weighted by Crippen LogP contribution is 2.32. The fourth-order valence-electron chi connectivity index (χ4n) is 1.87. The van der Waals surface area contributed by atoms with Crippen LogP contribution in [0.3, 0.4) is 0 Å². The Bertz CT molecular complexity index is 729. The summed E-state index contributed by atoms with van der Waals surface area (Å²) < 4.78 is 38.3. The van der Waals surface area contributed by atoms with Gasteiger partial charge in [0.1, 0.15) is 22.7 Å². The van der Waals surface area contributed by atoms with Gasteiger partial charge in [0.05, 0.1) is 13.2 Å². The third-order valence-corrected chi connectivity index (χ3v) is 4.14. The minimum Gasteiger partial charge on any atom is -0.494 e. The average Bonchev–Trinajstić information content (AvgIpc) is 2.94. The van der Waals surface area contributed by atoms with Gasteiger partial charge in [-0.2, -0.15) is 10.1 Å². The van der Waals surface area contributed by atoms with E-state index in [1.165, 1.54) is 12.4 Å². The van der Waals surface area contributed by atoms with E-state index in [0.29, 0.717) is 19.0 Å². The van der Waals surface area contributed by atoms with Crippen LogP contribution in [0.25, 0.3) is 0 Å². The summed E-state index contributed by atoms with van der Waals surface area (Å²) in [6.07, 6.45) is 1.21. The molecular weight excluding hydrogens is 308 g/mol. The molecule has 0 saturated heterocycles. The summed E-state index contributed by atoms with van der Waals surface area (Å²) >= 11 is 0. The summed E-state index contributed by atoms with van der Waals surface area (Å²) in [6, 6.07) is 3.09. The van der Waals surface area contributed by atoms with Crippen molar-refractivity contribution in [3.05, 3.63) is 24.0 Å². The quantitative estimate of drug-likeness (QED) is 0.802. The van der Waals surface area contributed by atoms with E-state index in [-0.39, 0.29) is 16.6 Å². The van der Waals surface area contributed by atoms with Gasteiger partial charge >= 0.3 is 0 Å². The molecule has 1 aromatic carbocycles. The van der Waals surface area contributed by atoms with Crippen molar-refractivity contribution < 1.29 is 17.9 Å². The maximum absolute atomic E-state index is 12.5. The van der Waals surface area contributed by atoms with E-state index in [2.05, 4.69) is 19.9 Å². The largest absolute Gasteiger partial charge is 0.494 e. The fourth-order valence-corrected chi connectivity index (χ4v) is 2.98. The number of aryl methyl sites for hydroxylation is 1. The minimum atomic E-state index is -3.88. The van der Waals surface area contributed by atoms with Gasteiger partial charge in [0.2, 0.25) is 5.95 Å². The number of hydrogen-bond donors (Lipinski definition) is 2. The number of hydrogen-bond acceptors (Lipinski definition) is 6. The second-order valence-electron chi connectivity index (χ2n) is 4.37. The number of nitrogens with one attached hydrogen (secondary N) is 2. The van der Waals surface area contributed by atoms with Crippen molar-refractivity contribution in [2.24, 2.45) is 0 Å². The molecule has 8 nitrogen and oxygen atoms in total. The highest BCUT2D eigenvalue weighted by Gasteiger charge is 2.23. The van der Waals surface area contributed by atoms with E-state index >= 15 is 0 Å². The summed E-state index contributed by atoms with van der Waals surface area (Å²) in [4.78, 5) is 3.74. The molecule has 2 aromatic rings. The van der Waals surface area contributed by atoms with Gasteiger partial charge in [0.25, 0.3) is 10.0 Å². The Morgan fingerprint density at radius 1 is 1.18 bits per heavy atom. The molecule has 2 rings (SSSR count). The molecule has 0 aliphatic rings. The van der Waals surface area contributed by atoms with Crippen LogP contribution in [0.5, 0.6) is 11.5 Å². The lowest BCUT2D eigenvalue weighted by molar-refractivity contribution is 0.321. The second-order valence-corrected chi connectivity index (χ2v) is 6.02. The Morgan fingerprint density at radius 2 is 1.86 bits per heavy atom. The molecule has 0 amide bonds. The lowest BCUT2D eigenvalue weighted by atomic mass is 10.2. The molecule has 1 aromatic heterocycles.